The zero-order valence-electron chi connectivity index (χ0n) is 32.1. The van der Waals surface area contributed by atoms with Crippen LogP contribution in [0.25, 0.3) is 11.0 Å². The SMILES string of the molecule is Cc1cnc(COS(C)(=O)=O)c(C)c1OCC1COC(C)(C)OC1.Cc1cnc(CSc2nc3ccccc3[nH]2)c(C)c1OCC1COC(C)(C)OC1. The van der Waals surface area contributed by atoms with Gasteiger partial charge in [-0.25, -0.2) is 4.98 Å². The number of thioether (sulfide) groups is 1. The second kappa shape index (κ2) is 17.4. The smallest absolute Gasteiger partial charge is 0.264 e. The van der Waals surface area contributed by atoms with E-state index in [1.807, 2.05) is 78.9 Å². The van der Waals surface area contributed by atoms with Crippen LogP contribution in [0.5, 0.6) is 11.5 Å². The lowest BCUT2D eigenvalue weighted by Gasteiger charge is -2.34. The van der Waals surface area contributed by atoms with Crippen molar-refractivity contribution < 1.29 is 41.0 Å². The van der Waals surface area contributed by atoms with E-state index in [2.05, 4.69) is 26.9 Å². The molecule has 0 amide bonds. The number of benzene rings is 1. The van der Waals surface area contributed by atoms with Gasteiger partial charge in [-0.1, -0.05) is 23.9 Å². The highest BCUT2D eigenvalue weighted by atomic mass is 32.2. The minimum absolute atomic E-state index is 0.106. The van der Waals surface area contributed by atoms with Crippen molar-refractivity contribution in [1.29, 1.82) is 0 Å². The summed E-state index contributed by atoms with van der Waals surface area (Å²) in [6, 6.07) is 8.05. The number of nitrogens with one attached hydrogen (secondary N) is 1. The van der Waals surface area contributed by atoms with E-state index in [9.17, 15) is 8.42 Å². The van der Waals surface area contributed by atoms with Gasteiger partial charge < -0.3 is 33.4 Å². The van der Waals surface area contributed by atoms with Crippen LogP contribution in [0.4, 0.5) is 0 Å². The quantitative estimate of drug-likeness (QED) is 0.122. The zero-order chi connectivity index (χ0) is 38.4. The summed E-state index contributed by atoms with van der Waals surface area (Å²) in [4.78, 5) is 16.8. The molecule has 0 unspecified atom stereocenters. The Morgan fingerprint density at radius 3 is 1.79 bits per heavy atom. The molecule has 2 aliphatic rings. The molecule has 13 nitrogen and oxygen atoms in total. The van der Waals surface area contributed by atoms with Gasteiger partial charge in [0.1, 0.15) is 18.1 Å². The second-order valence-corrected chi connectivity index (χ2v) is 17.0. The molecule has 0 radical (unpaired) electrons. The molecule has 290 valence electrons. The van der Waals surface area contributed by atoms with Crippen molar-refractivity contribution in [3.63, 3.8) is 0 Å². The monoisotopic (exact) mass is 772 g/mol. The van der Waals surface area contributed by atoms with Crippen molar-refractivity contribution in [1.82, 2.24) is 19.9 Å². The van der Waals surface area contributed by atoms with Crippen LogP contribution in [-0.4, -0.2) is 85.8 Å². The molecule has 0 bridgehead atoms. The number of aryl methyl sites for hydroxylation is 2. The number of pyridine rings is 2. The average Bonchev–Trinajstić information content (AvgIpc) is 3.52. The molecule has 6 rings (SSSR count). The van der Waals surface area contributed by atoms with Crippen LogP contribution < -0.4 is 9.47 Å². The fourth-order valence-electron chi connectivity index (χ4n) is 5.60. The fraction of sp³-hybridized carbons (Fsp3) is 0.553. The van der Waals surface area contributed by atoms with Crippen LogP contribution in [0.3, 0.4) is 0 Å². The van der Waals surface area contributed by atoms with E-state index in [-0.39, 0.29) is 18.4 Å². The van der Waals surface area contributed by atoms with Gasteiger partial charge in [-0.05, 0) is 67.5 Å². The van der Waals surface area contributed by atoms with Crippen LogP contribution in [0.1, 0.15) is 61.3 Å². The Bertz CT molecular complexity index is 1910. The van der Waals surface area contributed by atoms with Gasteiger partial charge in [0.25, 0.3) is 10.1 Å². The number of rotatable bonds is 12. The molecule has 5 heterocycles. The first-order valence-electron chi connectivity index (χ1n) is 17.6. The van der Waals surface area contributed by atoms with Crippen LogP contribution in [0.2, 0.25) is 0 Å². The molecule has 0 atom stereocenters. The molecular formula is C38H52N4O9S2. The predicted molar refractivity (Wildman–Crippen MR) is 203 cm³/mol. The van der Waals surface area contributed by atoms with Crippen LogP contribution in [0, 0.1) is 39.5 Å². The Morgan fingerprint density at radius 1 is 0.792 bits per heavy atom. The zero-order valence-corrected chi connectivity index (χ0v) is 33.7. The van der Waals surface area contributed by atoms with E-state index in [1.54, 1.807) is 18.0 Å². The molecule has 1 aromatic carbocycles. The third kappa shape index (κ3) is 11.8. The van der Waals surface area contributed by atoms with Gasteiger partial charge in [0.15, 0.2) is 16.7 Å². The Hall–Kier alpha value is -3.31. The lowest BCUT2D eigenvalue weighted by Crippen LogP contribution is -2.41. The summed E-state index contributed by atoms with van der Waals surface area (Å²) in [7, 11) is -3.52. The number of aromatic amines is 1. The maximum atomic E-state index is 11.1. The summed E-state index contributed by atoms with van der Waals surface area (Å²) in [5, 5.41) is 0.898. The van der Waals surface area contributed by atoms with E-state index in [4.69, 9.17) is 32.6 Å². The summed E-state index contributed by atoms with van der Waals surface area (Å²) >= 11 is 1.65. The molecule has 15 heteroatoms. The lowest BCUT2D eigenvalue weighted by atomic mass is 10.1. The standard InChI is InChI=1S/C22H27N3O3S.C16H25NO6S/c1-14-9-23-19(13-29-21-24-17-7-5-6-8-18(17)25-21)15(2)20(14)26-10-16-11-27-22(3,4)28-12-16;1-11-6-17-14(10-23-24(5,18)19)12(2)15(11)20-7-13-8-21-16(3,4)22-9-13/h5-9,16H,10-13H2,1-4H3,(H,24,25);6,13H,7-10H2,1-5H3. The number of para-hydroxylation sites is 2. The van der Waals surface area contributed by atoms with Crippen molar-refractivity contribution in [3.05, 3.63) is 70.3 Å². The molecule has 1 N–H and O–H groups in total. The highest BCUT2D eigenvalue weighted by Gasteiger charge is 2.30. The van der Waals surface area contributed by atoms with Crippen molar-refractivity contribution in [2.75, 3.05) is 45.9 Å². The second-order valence-electron chi connectivity index (χ2n) is 14.4. The predicted octanol–water partition coefficient (Wildman–Crippen LogP) is 6.60. The van der Waals surface area contributed by atoms with Gasteiger partial charge in [0.2, 0.25) is 0 Å². The van der Waals surface area contributed by atoms with Crippen LogP contribution in [-0.2, 0) is 45.6 Å². The van der Waals surface area contributed by atoms with E-state index >= 15 is 0 Å². The van der Waals surface area contributed by atoms with Gasteiger partial charge in [-0.15, -0.1) is 0 Å². The molecule has 0 spiro atoms. The van der Waals surface area contributed by atoms with Gasteiger partial charge in [-0.3, -0.25) is 14.2 Å². The topological polar surface area (TPSA) is 153 Å². The van der Waals surface area contributed by atoms with E-state index < -0.39 is 21.7 Å². The Labute approximate surface area is 317 Å². The molecule has 2 fully saturated rings. The Balaban J connectivity index is 0.000000209. The summed E-state index contributed by atoms with van der Waals surface area (Å²) in [5.41, 5.74) is 7.35. The highest BCUT2D eigenvalue weighted by molar-refractivity contribution is 7.98. The molecule has 53 heavy (non-hydrogen) atoms. The van der Waals surface area contributed by atoms with E-state index in [1.165, 1.54) is 0 Å². The molecule has 0 aliphatic carbocycles. The molecule has 3 aromatic heterocycles. The summed E-state index contributed by atoms with van der Waals surface area (Å²) in [6.45, 7) is 18.8. The number of imidazole rings is 1. The molecule has 0 saturated carbocycles. The minimum Gasteiger partial charge on any atom is -0.492 e. The molecule has 4 aromatic rings. The van der Waals surface area contributed by atoms with Gasteiger partial charge >= 0.3 is 0 Å². The van der Waals surface area contributed by atoms with Crippen LogP contribution >= 0.6 is 11.8 Å². The molecule has 2 aliphatic heterocycles. The molecular weight excluding hydrogens is 721 g/mol. The maximum absolute atomic E-state index is 11.1. The largest absolute Gasteiger partial charge is 0.492 e. The van der Waals surface area contributed by atoms with Crippen molar-refractivity contribution in [2.24, 2.45) is 11.8 Å². The first-order valence-corrected chi connectivity index (χ1v) is 20.4. The highest BCUT2D eigenvalue weighted by Crippen LogP contribution is 2.31. The van der Waals surface area contributed by atoms with E-state index in [0.29, 0.717) is 51.1 Å². The Kier molecular flexibility index (Phi) is 13.4. The van der Waals surface area contributed by atoms with Crippen LogP contribution in [0.15, 0.2) is 41.8 Å². The fourth-order valence-corrected chi connectivity index (χ4v) is 6.83. The maximum Gasteiger partial charge on any atom is 0.264 e. The summed E-state index contributed by atoms with van der Waals surface area (Å²) in [6.07, 6.45) is 4.55. The van der Waals surface area contributed by atoms with Gasteiger partial charge in [0, 0.05) is 52.2 Å². The summed E-state index contributed by atoms with van der Waals surface area (Å²) < 4.78 is 62.0. The number of H-pyrrole nitrogens is 1. The molecule has 2 saturated heterocycles. The number of nitrogens with zero attached hydrogens (tertiary/aromatic N) is 3. The first kappa shape index (κ1) is 40.9. The van der Waals surface area contributed by atoms with Gasteiger partial charge in [0.05, 0.1) is 68.3 Å². The first-order chi connectivity index (χ1) is 25.0. The lowest BCUT2D eigenvalue weighted by molar-refractivity contribution is -0.264. The Morgan fingerprint density at radius 2 is 1.28 bits per heavy atom. The average molecular weight is 773 g/mol. The number of hydrogen-bond donors (Lipinski definition) is 1. The van der Waals surface area contributed by atoms with Crippen molar-refractivity contribution in [2.45, 2.75) is 84.5 Å². The number of fused-ring (bicyclic) bond motifs is 1. The third-order valence-electron chi connectivity index (χ3n) is 8.81. The minimum atomic E-state index is -3.52. The van der Waals surface area contributed by atoms with Crippen molar-refractivity contribution in [3.8, 4) is 11.5 Å². The summed E-state index contributed by atoms with van der Waals surface area (Å²) in [5.74, 6) is 1.65. The normalized spacial score (nSPS) is 17.7. The number of hydrogen-bond acceptors (Lipinski definition) is 13. The number of ether oxygens (including phenoxy) is 6. The number of aromatic nitrogens is 4. The van der Waals surface area contributed by atoms with Crippen molar-refractivity contribution >= 4 is 32.9 Å². The third-order valence-corrected chi connectivity index (χ3v) is 10.2. The van der Waals surface area contributed by atoms with Gasteiger partial charge in [-0.2, -0.15) is 8.42 Å². The van der Waals surface area contributed by atoms with E-state index in [0.717, 1.165) is 61.9 Å².